The molecule has 0 atom stereocenters. The maximum absolute atomic E-state index is 12.1. The minimum atomic E-state index is -1.16. The minimum Gasteiger partial charge on any atom is -0.486 e. The van der Waals surface area contributed by atoms with Crippen LogP contribution in [0.5, 0.6) is 0 Å². The van der Waals surface area contributed by atoms with E-state index in [-0.39, 0.29) is 5.70 Å². The Labute approximate surface area is 425 Å². The SMILES string of the molecule is [C-]#[N+]/C(=C\c1sc(-c2sc(-c3sc(-c4sc(-c5ccc6c(c5)CCc5ccccc5N6CC)cc4CCCCCC)cc3CCCCCC)cc2CCCCCC)cc1CCCCCC)C(=O)O. The molecule has 0 saturated carbocycles. The van der Waals surface area contributed by atoms with Crippen molar-refractivity contribution in [2.75, 3.05) is 11.4 Å². The van der Waals surface area contributed by atoms with Crippen molar-refractivity contribution in [3.8, 4) is 39.7 Å². The zero-order chi connectivity index (χ0) is 47.8. The number of carboxylic acids is 1. The van der Waals surface area contributed by atoms with Gasteiger partial charge in [-0.15, -0.1) is 45.3 Å². The first-order chi connectivity index (χ1) is 33.3. The number of hydrogen-bond donors (Lipinski definition) is 1. The number of hydrogen-bond acceptors (Lipinski definition) is 6. The van der Waals surface area contributed by atoms with Crippen molar-refractivity contribution in [1.29, 1.82) is 0 Å². The molecule has 2 aromatic carbocycles. The van der Waals surface area contributed by atoms with Crippen LogP contribution in [0.2, 0.25) is 0 Å². The summed E-state index contributed by atoms with van der Waals surface area (Å²) in [6.45, 7) is 20.0. The number of anilines is 2. The average molecular weight is 984 g/mol. The zero-order valence-corrected chi connectivity index (χ0v) is 44.8. The van der Waals surface area contributed by atoms with Gasteiger partial charge in [-0.25, -0.2) is 4.85 Å². The molecule has 0 amide bonds. The summed E-state index contributed by atoms with van der Waals surface area (Å²) in [5.74, 6) is -1.16. The summed E-state index contributed by atoms with van der Waals surface area (Å²) in [4.78, 5) is 28.5. The fourth-order valence-corrected chi connectivity index (χ4v) is 15.1. The third-order valence-corrected chi connectivity index (χ3v) is 18.9. The summed E-state index contributed by atoms with van der Waals surface area (Å²) in [6.07, 6.45) is 27.2. The fraction of sp³-hybridized carbons (Fsp3) is 0.467. The van der Waals surface area contributed by atoms with E-state index in [0.717, 1.165) is 69.2 Å². The monoisotopic (exact) mass is 982 g/mol. The molecule has 0 fully saturated rings. The van der Waals surface area contributed by atoms with Crippen LogP contribution >= 0.6 is 45.3 Å². The number of unbranched alkanes of at least 4 members (excludes halogenated alkanes) is 12. The molecule has 68 heavy (non-hydrogen) atoms. The van der Waals surface area contributed by atoms with Crippen molar-refractivity contribution < 1.29 is 9.90 Å². The highest BCUT2D eigenvalue weighted by Gasteiger charge is 2.24. The number of carbonyl (C=O) groups is 1. The van der Waals surface area contributed by atoms with E-state index >= 15 is 0 Å². The molecule has 1 N–H and O–H groups in total. The van der Waals surface area contributed by atoms with E-state index in [1.807, 2.05) is 34.0 Å². The van der Waals surface area contributed by atoms with Crippen LogP contribution in [-0.4, -0.2) is 17.6 Å². The molecule has 0 spiro atoms. The van der Waals surface area contributed by atoms with Gasteiger partial charge in [-0.2, -0.15) is 0 Å². The average Bonchev–Trinajstić information content (AvgIpc) is 4.15. The highest BCUT2D eigenvalue weighted by Crippen LogP contribution is 2.50. The molecule has 4 nitrogen and oxygen atoms in total. The van der Waals surface area contributed by atoms with Crippen LogP contribution in [0.25, 0.3) is 50.6 Å². The second kappa shape index (κ2) is 26.1. The molecule has 0 radical (unpaired) electrons. The Kier molecular flexibility index (Phi) is 19.8. The number of aryl methyl sites for hydroxylation is 6. The maximum atomic E-state index is 12.1. The van der Waals surface area contributed by atoms with E-state index in [0.29, 0.717) is 0 Å². The smallest absolute Gasteiger partial charge is 0.333 e. The maximum Gasteiger partial charge on any atom is 0.333 e. The number of aliphatic carboxylic acids is 1. The number of carboxylic acid groups (broad SMARTS) is 1. The lowest BCUT2D eigenvalue weighted by Gasteiger charge is -2.25. The highest BCUT2D eigenvalue weighted by molar-refractivity contribution is 7.29. The van der Waals surface area contributed by atoms with E-state index in [1.54, 1.807) is 17.4 Å². The normalized spacial score (nSPS) is 12.6. The van der Waals surface area contributed by atoms with Crippen LogP contribution in [0.15, 0.2) is 72.4 Å². The van der Waals surface area contributed by atoms with Gasteiger partial charge in [0.25, 0.3) is 5.70 Å². The van der Waals surface area contributed by atoms with Gasteiger partial charge in [0.15, 0.2) is 0 Å². The molecule has 8 heteroatoms. The zero-order valence-electron chi connectivity index (χ0n) is 41.6. The van der Waals surface area contributed by atoms with Crippen molar-refractivity contribution in [2.45, 2.75) is 176 Å². The molecule has 0 saturated heterocycles. The van der Waals surface area contributed by atoms with E-state index in [9.17, 15) is 9.90 Å². The summed E-state index contributed by atoms with van der Waals surface area (Å²) in [7, 11) is 0. The molecule has 4 aromatic heterocycles. The summed E-state index contributed by atoms with van der Waals surface area (Å²) < 4.78 is 0. The quantitative estimate of drug-likeness (QED) is 0.0318. The molecule has 1 aliphatic heterocycles. The van der Waals surface area contributed by atoms with Gasteiger partial charge < -0.3 is 10.0 Å². The van der Waals surface area contributed by atoms with Gasteiger partial charge >= 0.3 is 5.97 Å². The Morgan fingerprint density at radius 2 is 1.01 bits per heavy atom. The second-order valence-electron chi connectivity index (χ2n) is 18.8. The highest BCUT2D eigenvalue weighted by atomic mass is 32.1. The molecule has 1 aliphatic rings. The number of nitrogens with zero attached hydrogens (tertiary/aromatic N) is 2. The Morgan fingerprint density at radius 1 is 0.559 bits per heavy atom. The molecule has 0 aliphatic carbocycles. The summed E-state index contributed by atoms with van der Waals surface area (Å²) in [6, 6.07) is 26.2. The van der Waals surface area contributed by atoms with Gasteiger partial charge in [0.1, 0.15) is 0 Å². The standard InChI is InChI=1S/C60H74N2O2S4/c1-7-12-16-20-27-44-37-54(65-53(44)41-49(61-6)60(63)64)57-47(29-22-18-14-9-3)39-56(67-57)59-48(30-23-19-15-10-4)40-55(68-59)58-46(28-21-17-13-8-2)38-52(66-58)45-34-35-51-43(36-45)33-32-42-26-24-25-31-50(42)62(51)11-5/h24-26,31,34-41H,7-23,27-30,32-33H2,1-5H3,(H,63,64)/b49-41-. The van der Waals surface area contributed by atoms with Gasteiger partial charge in [-0.3, -0.25) is 4.79 Å². The van der Waals surface area contributed by atoms with Gasteiger partial charge in [0, 0.05) is 56.9 Å². The molecule has 6 aromatic rings. The van der Waals surface area contributed by atoms with E-state index < -0.39 is 5.97 Å². The lowest BCUT2D eigenvalue weighted by atomic mass is 10.0. The van der Waals surface area contributed by atoms with Crippen molar-refractivity contribution in [2.24, 2.45) is 0 Å². The number of fused-ring (bicyclic) bond motifs is 2. The van der Waals surface area contributed by atoms with Crippen LogP contribution in [0.3, 0.4) is 0 Å². The number of benzene rings is 2. The van der Waals surface area contributed by atoms with Crippen LogP contribution in [0, 0.1) is 6.57 Å². The van der Waals surface area contributed by atoms with Gasteiger partial charge in [0.2, 0.25) is 0 Å². The van der Waals surface area contributed by atoms with Crippen LogP contribution in [0.1, 0.15) is 176 Å². The Hall–Kier alpha value is -4.26. The van der Waals surface area contributed by atoms with E-state index in [4.69, 9.17) is 6.57 Å². The molecule has 5 heterocycles. The van der Waals surface area contributed by atoms with Gasteiger partial charge in [-0.05, 0) is 159 Å². The number of thiophene rings is 4. The Morgan fingerprint density at radius 3 is 1.53 bits per heavy atom. The number of para-hydroxylation sites is 1. The third-order valence-electron chi connectivity index (χ3n) is 13.7. The Balaban J connectivity index is 1.31. The van der Waals surface area contributed by atoms with Crippen LogP contribution < -0.4 is 4.90 Å². The first kappa shape index (κ1) is 51.6. The van der Waals surface area contributed by atoms with Gasteiger partial charge in [-0.1, -0.05) is 129 Å². The lowest BCUT2D eigenvalue weighted by molar-refractivity contribution is -0.132. The van der Waals surface area contributed by atoms with Gasteiger partial charge in [0.05, 0.1) is 6.57 Å². The predicted octanol–water partition coefficient (Wildman–Crippen LogP) is 19.7. The Bertz CT molecular complexity index is 2650. The fourth-order valence-electron chi connectivity index (χ4n) is 9.87. The van der Waals surface area contributed by atoms with Crippen LogP contribution in [0.4, 0.5) is 11.4 Å². The molecule has 0 unspecified atom stereocenters. The van der Waals surface area contributed by atoms with Crippen molar-refractivity contribution >= 4 is 68.8 Å². The lowest BCUT2D eigenvalue weighted by Crippen LogP contribution is -2.17. The topological polar surface area (TPSA) is 44.9 Å². The predicted molar refractivity (Wildman–Crippen MR) is 300 cm³/mol. The molecular formula is C60H74N2O2S4. The van der Waals surface area contributed by atoms with Crippen molar-refractivity contribution in [3.05, 3.63) is 122 Å². The first-order valence-electron chi connectivity index (χ1n) is 26.1. The van der Waals surface area contributed by atoms with Crippen LogP contribution in [-0.2, 0) is 43.3 Å². The third kappa shape index (κ3) is 12.9. The van der Waals surface area contributed by atoms with Crippen molar-refractivity contribution in [3.63, 3.8) is 0 Å². The largest absolute Gasteiger partial charge is 0.486 e. The molecule has 360 valence electrons. The molecule has 7 rings (SSSR count). The van der Waals surface area contributed by atoms with E-state index in [2.05, 4.69) is 111 Å². The molecular weight excluding hydrogens is 909 g/mol. The summed E-state index contributed by atoms with van der Waals surface area (Å²) in [5.41, 5.74) is 12.3. The van der Waals surface area contributed by atoms with Crippen molar-refractivity contribution in [1.82, 2.24) is 0 Å². The summed E-state index contributed by atoms with van der Waals surface area (Å²) >= 11 is 7.64. The summed E-state index contributed by atoms with van der Waals surface area (Å²) in [5, 5.41) is 9.87. The minimum absolute atomic E-state index is 0.212. The number of rotatable bonds is 27. The first-order valence-corrected chi connectivity index (χ1v) is 29.4. The van der Waals surface area contributed by atoms with E-state index in [1.165, 1.54) is 168 Å². The molecule has 0 bridgehead atoms. The second-order valence-corrected chi connectivity index (χ2v) is 23.0.